The highest BCUT2D eigenvalue weighted by Gasteiger charge is 2.11. The molecule has 23 heavy (non-hydrogen) atoms. The Balaban J connectivity index is 1.84. The lowest BCUT2D eigenvalue weighted by Crippen LogP contribution is -2.28. The Morgan fingerprint density at radius 1 is 1.17 bits per heavy atom. The third-order valence-corrected chi connectivity index (χ3v) is 3.25. The minimum Gasteiger partial charge on any atom is -0.322 e. The fourth-order valence-corrected chi connectivity index (χ4v) is 2.16. The molecule has 5 nitrogen and oxygen atoms in total. The quantitative estimate of drug-likeness (QED) is 0.807. The summed E-state index contributed by atoms with van der Waals surface area (Å²) in [6.07, 6.45) is 1.24. The van der Waals surface area contributed by atoms with E-state index >= 15 is 0 Å². The SMILES string of the molecule is O=C(Cn1cnc2ccccc2c1=O)Nc1cc(F)ccc1F. The van der Waals surface area contributed by atoms with Gasteiger partial charge in [-0.25, -0.2) is 13.8 Å². The molecule has 0 unspecified atom stereocenters. The Bertz CT molecular complexity index is 953. The molecule has 7 heteroatoms. The Labute approximate surface area is 129 Å². The number of fused-ring (bicyclic) bond motifs is 1. The summed E-state index contributed by atoms with van der Waals surface area (Å²) in [7, 11) is 0. The van der Waals surface area contributed by atoms with Crippen LogP contribution in [0, 0.1) is 11.6 Å². The zero-order valence-electron chi connectivity index (χ0n) is 11.8. The summed E-state index contributed by atoms with van der Waals surface area (Å²) in [4.78, 5) is 28.3. The maximum absolute atomic E-state index is 13.5. The van der Waals surface area contributed by atoms with E-state index in [1.165, 1.54) is 6.33 Å². The van der Waals surface area contributed by atoms with Crippen molar-refractivity contribution in [3.63, 3.8) is 0 Å². The number of nitrogens with zero attached hydrogens (tertiary/aromatic N) is 2. The van der Waals surface area contributed by atoms with Crippen LogP contribution in [0.15, 0.2) is 53.6 Å². The van der Waals surface area contributed by atoms with Gasteiger partial charge in [-0.2, -0.15) is 0 Å². The van der Waals surface area contributed by atoms with Crippen LogP contribution in [0.1, 0.15) is 0 Å². The lowest BCUT2D eigenvalue weighted by Gasteiger charge is -2.08. The van der Waals surface area contributed by atoms with Gasteiger partial charge < -0.3 is 5.32 Å². The molecule has 0 aliphatic heterocycles. The first-order chi connectivity index (χ1) is 11.0. The number of carbonyl (C=O) groups is 1. The zero-order chi connectivity index (χ0) is 16.4. The molecule has 1 heterocycles. The second kappa shape index (κ2) is 5.96. The summed E-state index contributed by atoms with van der Waals surface area (Å²) in [5.41, 5.74) is -0.146. The summed E-state index contributed by atoms with van der Waals surface area (Å²) in [5.74, 6) is -2.09. The third-order valence-electron chi connectivity index (χ3n) is 3.25. The molecule has 3 rings (SSSR count). The van der Waals surface area contributed by atoms with E-state index < -0.39 is 17.5 Å². The maximum Gasteiger partial charge on any atom is 0.261 e. The van der Waals surface area contributed by atoms with E-state index in [-0.39, 0.29) is 17.8 Å². The van der Waals surface area contributed by atoms with Crippen LogP contribution in [0.5, 0.6) is 0 Å². The van der Waals surface area contributed by atoms with Crippen molar-refractivity contribution in [3.8, 4) is 0 Å². The van der Waals surface area contributed by atoms with Crippen molar-refractivity contribution in [2.75, 3.05) is 5.32 Å². The monoisotopic (exact) mass is 315 g/mol. The standard InChI is InChI=1S/C16H11F2N3O2/c17-10-5-6-12(18)14(7-10)20-15(22)8-21-9-19-13-4-2-1-3-11(13)16(21)23/h1-7,9H,8H2,(H,20,22). The van der Waals surface area contributed by atoms with Gasteiger partial charge in [0, 0.05) is 6.07 Å². The number of hydrogen-bond acceptors (Lipinski definition) is 3. The molecule has 116 valence electrons. The molecular weight excluding hydrogens is 304 g/mol. The van der Waals surface area contributed by atoms with E-state index in [4.69, 9.17) is 0 Å². The molecule has 0 bridgehead atoms. The summed E-state index contributed by atoms with van der Waals surface area (Å²) in [6, 6.07) is 9.46. The molecule has 0 aliphatic carbocycles. The van der Waals surface area contributed by atoms with Crippen LogP contribution in [0.3, 0.4) is 0 Å². The van der Waals surface area contributed by atoms with Crippen LogP contribution in [0.4, 0.5) is 14.5 Å². The molecule has 0 radical (unpaired) electrons. The van der Waals surface area contributed by atoms with E-state index in [0.29, 0.717) is 10.9 Å². The molecule has 1 amide bonds. The molecule has 3 aromatic rings. The van der Waals surface area contributed by atoms with Crippen LogP contribution in [-0.4, -0.2) is 15.5 Å². The summed E-state index contributed by atoms with van der Waals surface area (Å²) in [6.45, 7) is -0.355. The van der Waals surface area contributed by atoms with Gasteiger partial charge in [-0.3, -0.25) is 14.2 Å². The fourth-order valence-electron chi connectivity index (χ4n) is 2.16. The van der Waals surface area contributed by atoms with Crippen molar-refractivity contribution >= 4 is 22.5 Å². The molecule has 0 aliphatic rings. The number of carbonyl (C=O) groups excluding carboxylic acids is 1. The molecule has 0 fully saturated rings. The molecule has 0 saturated heterocycles. The summed E-state index contributed by atoms with van der Waals surface area (Å²) >= 11 is 0. The smallest absolute Gasteiger partial charge is 0.261 e. The maximum atomic E-state index is 13.5. The van der Waals surface area contributed by atoms with Crippen molar-refractivity contribution in [2.24, 2.45) is 0 Å². The number of benzene rings is 2. The number of amides is 1. The zero-order valence-corrected chi connectivity index (χ0v) is 11.8. The second-order valence-electron chi connectivity index (χ2n) is 4.87. The van der Waals surface area contributed by atoms with Gasteiger partial charge in [0.15, 0.2) is 0 Å². The largest absolute Gasteiger partial charge is 0.322 e. The number of anilines is 1. The van der Waals surface area contributed by atoms with Crippen molar-refractivity contribution in [1.82, 2.24) is 9.55 Å². The topological polar surface area (TPSA) is 64.0 Å². The summed E-state index contributed by atoms with van der Waals surface area (Å²) < 4.78 is 27.7. The normalized spacial score (nSPS) is 10.7. The average Bonchev–Trinajstić information content (AvgIpc) is 2.54. The van der Waals surface area contributed by atoms with Gasteiger partial charge >= 0.3 is 0 Å². The first kappa shape index (κ1) is 14.8. The molecule has 1 aromatic heterocycles. The van der Waals surface area contributed by atoms with Crippen LogP contribution in [-0.2, 0) is 11.3 Å². The summed E-state index contributed by atoms with van der Waals surface area (Å²) in [5, 5.41) is 2.61. The number of hydrogen-bond donors (Lipinski definition) is 1. The minimum atomic E-state index is -0.760. The van der Waals surface area contributed by atoms with Crippen molar-refractivity contribution in [3.05, 3.63) is 70.8 Å². The number of rotatable bonds is 3. The molecule has 0 atom stereocenters. The molecule has 0 spiro atoms. The molecular formula is C16H11F2N3O2. The van der Waals surface area contributed by atoms with Crippen LogP contribution in [0.25, 0.3) is 10.9 Å². The Morgan fingerprint density at radius 2 is 1.96 bits per heavy atom. The van der Waals surface area contributed by atoms with E-state index in [0.717, 1.165) is 22.8 Å². The van der Waals surface area contributed by atoms with Crippen molar-refractivity contribution in [2.45, 2.75) is 6.54 Å². The van der Waals surface area contributed by atoms with Crippen molar-refractivity contribution < 1.29 is 13.6 Å². The average molecular weight is 315 g/mol. The fraction of sp³-hybridized carbons (Fsp3) is 0.0625. The number of nitrogens with one attached hydrogen (secondary N) is 1. The van der Waals surface area contributed by atoms with Gasteiger partial charge in [0.2, 0.25) is 5.91 Å². The molecule has 1 N–H and O–H groups in total. The van der Waals surface area contributed by atoms with Gasteiger partial charge in [-0.15, -0.1) is 0 Å². The first-order valence-electron chi connectivity index (χ1n) is 6.73. The van der Waals surface area contributed by atoms with Gasteiger partial charge in [-0.1, -0.05) is 12.1 Å². The van der Waals surface area contributed by atoms with Gasteiger partial charge in [0.1, 0.15) is 18.2 Å². The highest BCUT2D eigenvalue weighted by Crippen LogP contribution is 2.15. The van der Waals surface area contributed by atoms with E-state index in [9.17, 15) is 18.4 Å². The lowest BCUT2D eigenvalue weighted by atomic mass is 10.2. The number of halogens is 2. The number of aromatic nitrogens is 2. The predicted octanol–water partition coefficient (Wildman–Crippen LogP) is 2.31. The lowest BCUT2D eigenvalue weighted by molar-refractivity contribution is -0.116. The van der Waals surface area contributed by atoms with Crippen molar-refractivity contribution in [1.29, 1.82) is 0 Å². The van der Waals surface area contributed by atoms with E-state index in [1.807, 2.05) is 0 Å². The van der Waals surface area contributed by atoms with Gasteiger partial charge in [-0.05, 0) is 24.3 Å². The van der Waals surface area contributed by atoms with Gasteiger partial charge in [0.05, 0.1) is 22.9 Å². The van der Waals surface area contributed by atoms with E-state index in [1.54, 1.807) is 24.3 Å². The third kappa shape index (κ3) is 3.08. The molecule has 2 aromatic carbocycles. The first-order valence-corrected chi connectivity index (χ1v) is 6.73. The highest BCUT2D eigenvalue weighted by molar-refractivity contribution is 5.90. The Kier molecular flexibility index (Phi) is 3.84. The van der Waals surface area contributed by atoms with E-state index in [2.05, 4.69) is 10.3 Å². The second-order valence-corrected chi connectivity index (χ2v) is 4.87. The van der Waals surface area contributed by atoms with Crippen LogP contribution >= 0.6 is 0 Å². The molecule has 0 saturated carbocycles. The number of para-hydroxylation sites is 1. The van der Waals surface area contributed by atoms with Crippen LogP contribution < -0.4 is 10.9 Å². The Morgan fingerprint density at radius 3 is 2.78 bits per heavy atom. The Hall–Kier alpha value is -3.09. The predicted molar refractivity (Wildman–Crippen MR) is 81.0 cm³/mol. The highest BCUT2D eigenvalue weighted by atomic mass is 19.1. The van der Waals surface area contributed by atoms with Crippen LogP contribution in [0.2, 0.25) is 0 Å². The van der Waals surface area contributed by atoms with Gasteiger partial charge in [0.25, 0.3) is 5.56 Å². The minimum absolute atomic E-state index is 0.281.